The van der Waals surface area contributed by atoms with Crippen molar-refractivity contribution in [2.45, 2.75) is 18.9 Å². The van der Waals surface area contributed by atoms with Gasteiger partial charge in [0.2, 0.25) is 0 Å². The number of aromatic amines is 1. The predicted molar refractivity (Wildman–Crippen MR) is 126 cm³/mol. The number of aryl methyl sites for hydroxylation is 1. The molecule has 0 unspecified atom stereocenters. The third-order valence-electron chi connectivity index (χ3n) is 5.99. The van der Waals surface area contributed by atoms with Gasteiger partial charge >= 0.3 is 0 Å². The summed E-state index contributed by atoms with van der Waals surface area (Å²) >= 11 is 0. The minimum atomic E-state index is -0.0139. The molecule has 0 saturated carbocycles. The lowest BCUT2D eigenvalue weighted by Crippen LogP contribution is -2.43. The van der Waals surface area contributed by atoms with Crippen molar-refractivity contribution in [1.82, 2.24) is 30.0 Å². The maximum atomic E-state index is 12.6. The molecule has 4 heterocycles. The van der Waals surface area contributed by atoms with Crippen LogP contribution in [-0.2, 0) is 7.05 Å². The van der Waals surface area contributed by atoms with Crippen LogP contribution in [0.25, 0.3) is 22.2 Å². The Kier molecular flexibility index (Phi) is 5.36. The van der Waals surface area contributed by atoms with E-state index in [0.717, 1.165) is 59.6 Å². The van der Waals surface area contributed by atoms with Crippen LogP contribution in [0.15, 0.2) is 55.0 Å². The number of pyridine rings is 1. The second-order valence-corrected chi connectivity index (χ2v) is 8.50. The summed E-state index contributed by atoms with van der Waals surface area (Å²) in [6.07, 6.45) is 7.65. The molecule has 1 aliphatic heterocycles. The van der Waals surface area contributed by atoms with E-state index in [1.54, 1.807) is 4.68 Å². The molecule has 8 heteroatoms. The van der Waals surface area contributed by atoms with Crippen LogP contribution in [0.2, 0.25) is 0 Å². The largest absolute Gasteiger partial charge is 0.354 e. The third-order valence-corrected chi connectivity index (χ3v) is 5.99. The van der Waals surface area contributed by atoms with Crippen molar-refractivity contribution in [3.05, 3.63) is 60.6 Å². The zero-order chi connectivity index (χ0) is 22.1. The molecule has 1 aromatic carbocycles. The predicted octanol–water partition coefficient (Wildman–Crippen LogP) is 3.53. The van der Waals surface area contributed by atoms with Gasteiger partial charge in [0.25, 0.3) is 5.91 Å². The number of anilines is 2. The van der Waals surface area contributed by atoms with Gasteiger partial charge in [-0.15, -0.1) is 0 Å². The Balaban J connectivity index is 1.25. The van der Waals surface area contributed by atoms with Gasteiger partial charge in [-0.05, 0) is 63.3 Å². The molecule has 1 aliphatic rings. The van der Waals surface area contributed by atoms with E-state index in [2.05, 4.69) is 43.7 Å². The SMILES string of the molecule is CN1CCC(NC(=O)c2ccc(Nc3cc4[nH]c(-c5cnn(C)c5)cc4cn3)cc2)CC1. The van der Waals surface area contributed by atoms with Crippen LogP contribution >= 0.6 is 0 Å². The minimum absolute atomic E-state index is 0.0139. The highest BCUT2D eigenvalue weighted by Gasteiger charge is 2.19. The molecule has 0 bridgehead atoms. The van der Waals surface area contributed by atoms with E-state index in [1.807, 2.05) is 56.0 Å². The summed E-state index contributed by atoms with van der Waals surface area (Å²) in [5.74, 6) is 0.723. The molecule has 1 saturated heterocycles. The molecule has 8 nitrogen and oxygen atoms in total. The average molecular weight is 430 g/mol. The summed E-state index contributed by atoms with van der Waals surface area (Å²) in [5, 5.41) is 11.7. The fourth-order valence-electron chi connectivity index (χ4n) is 4.08. The Morgan fingerprint density at radius 3 is 2.59 bits per heavy atom. The number of H-pyrrole nitrogens is 1. The number of amides is 1. The van der Waals surface area contributed by atoms with E-state index < -0.39 is 0 Å². The Morgan fingerprint density at radius 2 is 1.88 bits per heavy atom. The van der Waals surface area contributed by atoms with Gasteiger partial charge in [-0.3, -0.25) is 9.48 Å². The number of aromatic nitrogens is 4. The summed E-state index contributed by atoms with van der Waals surface area (Å²) in [6.45, 7) is 2.05. The van der Waals surface area contributed by atoms with Gasteiger partial charge in [-0.2, -0.15) is 5.10 Å². The third kappa shape index (κ3) is 4.36. The first-order valence-corrected chi connectivity index (χ1v) is 10.9. The highest BCUT2D eigenvalue weighted by atomic mass is 16.1. The monoisotopic (exact) mass is 429 g/mol. The normalized spacial score (nSPS) is 15.2. The van der Waals surface area contributed by atoms with Crippen LogP contribution in [0, 0.1) is 0 Å². The number of benzene rings is 1. The van der Waals surface area contributed by atoms with Crippen LogP contribution in [0.3, 0.4) is 0 Å². The molecule has 0 spiro atoms. The quantitative estimate of drug-likeness (QED) is 0.452. The van der Waals surface area contributed by atoms with E-state index in [0.29, 0.717) is 5.56 Å². The summed E-state index contributed by atoms with van der Waals surface area (Å²) < 4.78 is 1.78. The van der Waals surface area contributed by atoms with Crippen LogP contribution in [0.5, 0.6) is 0 Å². The first kappa shape index (κ1) is 20.3. The summed E-state index contributed by atoms with van der Waals surface area (Å²) in [7, 11) is 4.02. The standard InChI is InChI=1S/C24H27N7O/c1-30-9-7-20(8-10-30)28-24(32)16-3-5-19(6-4-16)27-23-12-22-17(13-25-23)11-21(29-22)18-14-26-31(2)15-18/h3-6,11-15,20,29H,7-10H2,1-2H3,(H,25,27)(H,28,32). The molecule has 0 radical (unpaired) electrons. The van der Waals surface area contributed by atoms with Crippen molar-refractivity contribution >= 4 is 28.3 Å². The zero-order valence-electron chi connectivity index (χ0n) is 18.3. The van der Waals surface area contributed by atoms with Crippen LogP contribution < -0.4 is 10.6 Å². The number of rotatable bonds is 5. The molecule has 3 aromatic heterocycles. The zero-order valence-corrected chi connectivity index (χ0v) is 18.3. The number of likely N-dealkylation sites (tertiary alicyclic amines) is 1. The first-order chi connectivity index (χ1) is 15.5. The molecule has 5 rings (SSSR count). The first-order valence-electron chi connectivity index (χ1n) is 10.9. The number of carbonyl (C=O) groups is 1. The fourth-order valence-corrected chi connectivity index (χ4v) is 4.08. The van der Waals surface area contributed by atoms with Crippen molar-refractivity contribution in [1.29, 1.82) is 0 Å². The van der Waals surface area contributed by atoms with Crippen molar-refractivity contribution in [2.24, 2.45) is 7.05 Å². The smallest absolute Gasteiger partial charge is 0.251 e. The van der Waals surface area contributed by atoms with Crippen LogP contribution in [0.4, 0.5) is 11.5 Å². The molecular weight excluding hydrogens is 402 g/mol. The highest BCUT2D eigenvalue weighted by molar-refractivity contribution is 5.95. The maximum Gasteiger partial charge on any atom is 0.251 e. The number of nitrogens with zero attached hydrogens (tertiary/aromatic N) is 4. The Morgan fingerprint density at radius 1 is 1.09 bits per heavy atom. The average Bonchev–Trinajstić information content (AvgIpc) is 3.41. The number of hydrogen-bond acceptors (Lipinski definition) is 5. The Bertz CT molecular complexity index is 1230. The van der Waals surface area contributed by atoms with E-state index in [4.69, 9.17) is 0 Å². The number of carbonyl (C=O) groups excluding carboxylic acids is 1. The van der Waals surface area contributed by atoms with Gasteiger partial charge in [0, 0.05) is 59.4 Å². The second-order valence-electron chi connectivity index (χ2n) is 8.50. The number of piperidine rings is 1. The molecule has 32 heavy (non-hydrogen) atoms. The molecular formula is C24H27N7O. The van der Waals surface area contributed by atoms with Gasteiger partial charge < -0.3 is 20.5 Å². The molecule has 0 aliphatic carbocycles. The lowest BCUT2D eigenvalue weighted by atomic mass is 10.0. The van der Waals surface area contributed by atoms with Crippen molar-refractivity contribution < 1.29 is 4.79 Å². The Labute approximate surface area is 186 Å². The summed E-state index contributed by atoms with van der Waals surface area (Å²) in [4.78, 5) is 22.8. The van der Waals surface area contributed by atoms with Gasteiger partial charge in [-0.25, -0.2) is 4.98 Å². The van der Waals surface area contributed by atoms with E-state index in [1.165, 1.54) is 0 Å². The van der Waals surface area contributed by atoms with Crippen molar-refractivity contribution in [2.75, 3.05) is 25.5 Å². The summed E-state index contributed by atoms with van der Waals surface area (Å²) in [6, 6.07) is 11.8. The molecule has 0 atom stereocenters. The highest BCUT2D eigenvalue weighted by Crippen LogP contribution is 2.26. The van der Waals surface area contributed by atoms with E-state index in [9.17, 15) is 4.79 Å². The number of fused-ring (bicyclic) bond motifs is 1. The topological polar surface area (TPSA) is 90.9 Å². The molecule has 1 fully saturated rings. The lowest BCUT2D eigenvalue weighted by molar-refractivity contribution is 0.0917. The molecule has 4 aromatic rings. The molecule has 1 amide bonds. The minimum Gasteiger partial charge on any atom is -0.354 e. The number of hydrogen-bond donors (Lipinski definition) is 3. The number of nitrogens with one attached hydrogen (secondary N) is 3. The van der Waals surface area contributed by atoms with Crippen LogP contribution in [0.1, 0.15) is 23.2 Å². The van der Waals surface area contributed by atoms with Gasteiger partial charge in [-0.1, -0.05) is 0 Å². The maximum absolute atomic E-state index is 12.6. The van der Waals surface area contributed by atoms with Crippen molar-refractivity contribution in [3.8, 4) is 11.3 Å². The molecule has 164 valence electrons. The van der Waals surface area contributed by atoms with E-state index in [-0.39, 0.29) is 11.9 Å². The van der Waals surface area contributed by atoms with Crippen molar-refractivity contribution in [3.63, 3.8) is 0 Å². The van der Waals surface area contributed by atoms with Crippen LogP contribution in [-0.4, -0.2) is 56.7 Å². The Hall–Kier alpha value is -3.65. The van der Waals surface area contributed by atoms with Gasteiger partial charge in [0.15, 0.2) is 0 Å². The van der Waals surface area contributed by atoms with Gasteiger partial charge in [0.05, 0.1) is 11.7 Å². The fraction of sp³-hybridized carbons (Fsp3) is 0.292. The van der Waals surface area contributed by atoms with E-state index >= 15 is 0 Å². The lowest BCUT2D eigenvalue weighted by Gasteiger charge is -2.29. The summed E-state index contributed by atoms with van der Waals surface area (Å²) in [5.41, 5.74) is 4.59. The van der Waals surface area contributed by atoms with Gasteiger partial charge in [0.1, 0.15) is 5.82 Å². The molecule has 3 N–H and O–H groups in total. The second kappa shape index (κ2) is 8.47.